The summed E-state index contributed by atoms with van der Waals surface area (Å²) >= 11 is 0. The van der Waals surface area contributed by atoms with Crippen molar-refractivity contribution in [2.75, 3.05) is 5.32 Å². The van der Waals surface area contributed by atoms with Gasteiger partial charge in [0, 0.05) is 16.5 Å². The average molecular weight is 323 g/mol. The lowest BCUT2D eigenvalue weighted by molar-refractivity contribution is -0.141. The van der Waals surface area contributed by atoms with Crippen molar-refractivity contribution in [1.29, 1.82) is 0 Å². The van der Waals surface area contributed by atoms with Crippen molar-refractivity contribution in [2.24, 2.45) is 0 Å². The minimum atomic E-state index is -4.56. The van der Waals surface area contributed by atoms with Gasteiger partial charge in [-0.3, -0.25) is 9.89 Å². The van der Waals surface area contributed by atoms with Crippen molar-refractivity contribution in [3.63, 3.8) is 0 Å². The number of hydrogen-bond acceptors (Lipinski definition) is 3. The van der Waals surface area contributed by atoms with Gasteiger partial charge in [0.2, 0.25) is 0 Å². The molecule has 1 aromatic carbocycles. The summed E-state index contributed by atoms with van der Waals surface area (Å²) in [5.74, 6) is -0.786. The quantitative estimate of drug-likeness (QED) is 0.747. The van der Waals surface area contributed by atoms with E-state index >= 15 is 0 Å². The van der Waals surface area contributed by atoms with E-state index < -0.39 is 17.8 Å². The summed E-state index contributed by atoms with van der Waals surface area (Å²) in [4.78, 5) is 12.3. The van der Waals surface area contributed by atoms with Gasteiger partial charge in [0.15, 0.2) is 11.6 Å². The van der Waals surface area contributed by atoms with Crippen molar-refractivity contribution in [3.8, 4) is 0 Å². The Labute approximate surface area is 128 Å². The number of para-hydroxylation sites is 1. The fourth-order valence-electron chi connectivity index (χ4n) is 2.35. The normalized spacial score (nSPS) is 11.9. The minimum absolute atomic E-state index is 0.0437. The maximum Gasteiger partial charge on any atom is 0.433 e. The van der Waals surface area contributed by atoms with Gasteiger partial charge in [0.25, 0.3) is 5.91 Å². The molecule has 1 amide bonds. The molecule has 5 nitrogen and oxygen atoms in total. The van der Waals surface area contributed by atoms with Gasteiger partial charge in [-0.25, -0.2) is 0 Å². The topological polar surface area (TPSA) is 70.9 Å². The molecule has 0 atom stereocenters. The van der Waals surface area contributed by atoms with Gasteiger partial charge in [-0.2, -0.15) is 18.3 Å². The Morgan fingerprint density at radius 3 is 2.52 bits per heavy atom. The van der Waals surface area contributed by atoms with E-state index in [1.54, 1.807) is 31.2 Å². The van der Waals surface area contributed by atoms with E-state index in [1.165, 1.54) is 6.92 Å². The second-order valence-corrected chi connectivity index (χ2v) is 5.08. The van der Waals surface area contributed by atoms with Crippen molar-refractivity contribution in [1.82, 2.24) is 10.2 Å². The average Bonchev–Trinajstić information content (AvgIpc) is 3.01. The Hall–Kier alpha value is -2.77. The first kappa shape index (κ1) is 15.1. The number of benzene rings is 1. The summed E-state index contributed by atoms with van der Waals surface area (Å²) in [5.41, 5.74) is -0.0269. The van der Waals surface area contributed by atoms with Gasteiger partial charge >= 0.3 is 6.18 Å². The standard InChI is InChI=1S/C15H12F3N3O2/c1-7-9-5-3-4-6-10(9)23-11(7)14(22)19-13-8(2)12(20-21-13)15(16,17)18/h3-6H,1-2H3,(H2,19,20,21,22). The van der Waals surface area contributed by atoms with E-state index in [1.807, 2.05) is 5.10 Å². The Morgan fingerprint density at radius 1 is 1.22 bits per heavy atom. The molecule has 0 aliphatic heterocycles. The molecule has 0 saturated heterocycles. The van der Waals surface area contributed by atoms with E-state index in [2.05, 4.69) is 10.4 Å². The summed E-state index contributed by atoms with van der Waals surface area (Å²) in [7, 11) is 0. The molecule has 2 heterocycles. The molecule has 0 bridgehead atoms. The molecule has 2 N–H and O–H groups in total. The molecule has 0 saturated carbocycles. The van der Waals surface area contributed by atoms with Gasteiger partial charge in [-0.05, 0) is 19.9 Å². The van der Waals surface area contributed by atoms with Crippen LogP contribution in [0.25, 0.3) is 11.0 Å². The number of carbonyl (C=O) groups is 1. The molecule has 8 heteroatoms. The lowest BCUT2D eigenvalue weighted by atomic mass is 10.1. The van der Waals surface area contributed by atoms with Crippen molar-refractivity contribution < 1.29 is 22.4 Å². The zero-order valence-corrected chi connectivity index (χ0v) is 12.2. The van der Waals surface area contributed by atoms with Crippen LogP contribution in [0, 0.1) is 13.8 Å². The predicted molar refractivity (Wildman–Crippen MR) is 77.2 cm³/mol. The number of amides is 1. The number of aromatic nitrogens is 2. The van der Waals surface area contributed by atoms with E-state index in [0.29, 0.717) is 11.1 Å². The van der Waals surface area contributed by atoms with Crippen LogP contribution < -0.4 is 5.32 Å². The van der Waals surface area contributed by atoms with Crippen molar-refractivity contribution >= 4 is 22.7 Å². The summed E-state index contributed by atoms with van der Waals surface area (Å²) < 4.78 is 43.6. The van der Waals surface area contributed by atoms with Gasteiger partial charge in [0.05, 0.1) is 0 Å². The number of carbonyl (C=O) groups excluding carboxylic acids is 1. The van der Waals surface area contributed by atoms with Crippen LogP contribution in [0.3, 0.4) is 0 Å². The third-order valence-corrected chi connectivity index (χ3v) is 3.58. The lowest BCUT2D eigenvalue weighted by Gasteiger charge is -2.05. The van der Waals surface area contributed by atoms with Crippen LogP contribution in [0.15, 0.2) is 28.7 Å². The number of halogens is 3. The summed E-state index contributed by atoms with van der Waals surface area (Å²) in [6.07, 6.45) is -4.56. The second kappa shape index (κ2) is 5.15. The molecule has 2 aromatic heterocycles. The first-order chi connectivity index (χ1) is 10.8. The van der Waals surface area contributed by atoms with Crippen LogP contribution in [0.1, 0.15) is 27.4 Å². The number of H-pyrrole nitrogens is 1. The fourth-order valence-corrected chi connectivity index (χ4v) is 2.35. The lowest BCUT2D eigenvalue weighted by Crippen LogP contribution is -2.13. The third-order valence-electron chi connectivity index (χ3n) is 3.58. The molecule has 3 rings (SSSR count). The number of alkyl halides is 3. The van der Waals surface area contributed by atoms with Crippen LogP contribution >= 0.6 is 0 Å². The molecule has 0 radical (unpaired) electrons. The highest BCUT2D eigenvalue weighted by molar-refractivity contribution is 6.06. The molecule has 0 aliphatic rings. The number of hydrogen-bond donors (Lipinski definition) is 2. The van der Waals surface area contributed by atoms with Crippen LogP contribution in [0.4, 0.5) is 19.0 Å². The molecule has 3 aromatic rings. The Morgan fingerprint density at radius 2 is 1.91 bits per heavy atom. The first-order valence-corrected chi connectivity index (χ1v) is 6.70. The van der Waals surface area contributed by atoms with E-state index in [9.17, 15) is 18.0 Å². The Kier molecular flexibility index (Phi) is 3.39. The van der Waals surface area contributed by atoms with Crippen LogP contribution in [-0.4, -0.2) is 16.1 Å². The number of aryl methyl sites for hydroxylation is 1. The number of aromatic amines is 1. The number of nitrogens with one attached hydrogen (secondary N) is 2. The highest BCUT2D eigenvalue weighted by Crippen LogP contribution is 2.33. The molecule has 0 aliphatic carbocycles. The summed E-state index contributed by atoms with van der Waals surface area (Å²) in [6, 6.07) is 7.08. The molecular weight excluding hydrogens is 311 g/mol. The summed E-state index contributed by atoms with van der Waals surface area (Å²) in [6.45, 7) is 2.94. The second-order valence-electron chi connectivity index (χ2n) is 5.08. The van der Waals surface area contributed by atoms with Crippen molar-refractivity contribution in [3.05, 3.63) is 46.8 Å². The number of rotatable bonds is 2. The SMILES string of the molecule is Cc1c(NC(=O)c2oc3ccccc3c2C)n[nH]c1C(F)(F)F. The molecule has 0 fully saturated rings. The maximum absolute atomic E-state index is 12.7. The molecule has 0 spiro atoms. The fraction of sp³-hybridized carbons (Fsp3) is 0.200. The smallest absolute Gasteiger partial charge is 0.433 e. The molecule has 23 heavy (non-hydrogen) atoms. The highest BCUT2D eigenvalue weighted by Gasteiger charge is 2.36. The highest BCUT2D eigenvalue weighted by atomic mass is 19.4. The van der Waals surface area contributed by atoms with Gasteiger partial charge in [-0.15, -0.1) is 0 Å². The molecular formula is C15H12F3N3O2. The third kappa shape index (κ3) is 2.56. The van der Waals surface area contributed by atoms with Crippen LogP contribution in [-0.2, 0) is 6.18 Å². The van der Waals surface area contributed by atoms with Crippen LogP contribution in [0.5, 0.6) is 0 Å². The maximum atomic E-state index is 12.7. The largest absolute Gasteiger partial charge is 0.451 e. The predicted octanol–water partition coefficient (Wildman–Crippen LogP) is 4.04. The molecule has 0 unspecified atom stereocenters. The van der Waals surface area contributed by atoms with Gasteiger partial charge in [0.1, 0.15) is 11.3 Å². The number of fused-ring (bicyclic) bond motifs is 1. The van der Waals surface area contributed by atoms with Gasteiger partial charge < -0.3 is 9.73 Å². The molecule has 120 valence electrons. The van der Waals surface area contributed by atoms with Crippen LogP contribution in [0.2, 0.25) is 0 Å². The zero-order chi connectivity index (χ0) is 16.8. The Balaban J connectivity index is 1.93. The Bertz CT molecular complexity index is 893. The number of nitrogens with zero attached hydrogens (tertiary/aromatic N) is 1. The van der Waals surface area contributed by atoms with E-state index in [-0.39, 0.29) is 17.1 Å². The minimum Gasteiger partial charge on any atom is -0.451 e. The summed E-state index contributed by atoms with van der Waals surface area (Å²) in [5, 5.41) is 8.52. The van der Waals surface area contributed by atoms with E-state index in [4.69, 9.17) is 4.42 Å². The monoisotopic (exact) mass is 323 g/mol. The first-order valence-electron chi connectivity index (χ1n) is 6.70. The van der Waals surface area contributed by atoms with E-state index in [0.717, 1.165) is 5.39 Å². The van der Waals surface area contributed by atoms with Gasteiger partial charge in [-0.1, -0.05) is 18.2 Å². The van der Waals surface area contributed by atoms with Crippen molar-refractivity contribution in [2.45, 2.75) is 20.0 Å². The zero-order valence-electron chi connectivity index (χ0n) is 12.2. The number of furan rings is 1. The number of anilines is 1.